The molecular formula is C15H23N3O. The van der Waals surface area contributed by atoms with Crippen LogP contribution in [0.5, 0.6) is 0 Å². The molecule has 19 heavy (non-hydrogen) atoms. The van der Waals surface area contributed by atoms with Crippen LogP contribution in [-0.2, 0) is 6.61 Å². The van der Waals surface area contributed by atoms with Gasteiger partial charge in [-0.1, -0.05) is 26.2 Å². The summed E-state index contributed by atoms with van der Waals surface area (Å²) in [6.07, 6.45) is 4.78. The topological polar surface area (TPSA) is 64.1 Å². The highest BCUT2D eigenvalue weighted by molar-refractivity contribution is 5.79. The van der Waals surface area contributed by atoms with Crippen LogP contribution in [0.3, 0.4) is 0 Å². The van der Waals surface area contributed by atoms with Crippen LogP contribution in [0, 0.1) is 0 Å². The normalized spacial score (nSPS) is 13.0. The largest absolute Gasteiger partial charge is 0.399 e. The lowest BCUT2D eigenvalue weighted by Crippen LogP contribution is -2.09. The quantitative estimate of drug-likeness (QED) is 0.619. The van der Waals surface area contributed by atoms with Gasteiger partial charge in [0.25, 0.3) is 0 Å². The molecule has 0 aliphatic heterocycles. The smallest absolute Gasteiger partial charge is 0.135 e. The van der Waals surface area contributed by atoms with Gasteiger partial charge in [-0.25, -0.2) is 4.98 Å². The molecule has 1 atom stereocenters. The maximum atomic E-state index is 9.49. The minimum absolute atomic E-state index is 0.0350. The Morgan fingerprint density at radius 3 is 2.84 bits per heavy atom. The first-order chi connectivity index (χ1) is 9.17. The molecular weight excluding hydrogens is 238 g/mol. The summed E-state index contributed by atoms with van der Waals surface area (Å²) < 4.78 is 2.14. The predicted molar refractivity (Wildman–Crippen MR) is 78.9 cm³/mol. The van der Waals surface area contributed by atoms with E-state index in [2.05, 4.69) is 23.4 Å². The third-order valence-electron chi connectivity index (χ3n) is 3.59. The maximum absolute atomic E-state index is 9.49. The van der Waals surface area contributed by atoms with Crippen molar-refractivity contribution >= 4 is 16.7 Å². The molecule has 3 N–H and O–H groups in total. The van der Waals surface area contributed by atoms with Gasteiger partial charge in [-0.3, -0.25) is 0 Å². The molecule has 0 radical (unpaired) electrons. The van der Waals surface area contributed by atoms with Gasteiger partial charge in [0.05, 0.1) is 11.0 Å². The van der Waals surface area contributed by atoms with Gasteiger partial charge in [-0.05, 0) is 31.5 Å². The molecule has 1 heterocycles. The van der Waals surface area contributed by atoms with E-state index in [4.69, 9.17) is 5.73 Å². The van der Waals surface area contributed by atoms with Crippen LogP contribution in [0.1, 0.15) is 51.4 Å². The van der Waals surface area contributed by atoms with E-state index in [1.807, 2.05) is 18.2 Å². The zero-order valence-corrected chi connectivity index (χ0v) is 11.8. The average molecular weight is 261 g/mol. The second kappa shape index (κ2) is 6.06. The summed E-state index contributed by atoms with van der Waals surface area (Å²) in [7, 11) is 0. The van der Waals surface area contributed by atoms with Crippen LogP contribution in [0.2, 0.25) is 0 Å². The number of nitrogen functional groups attached to an aromatic ring is 1. The van der Waals surface area contributed by atoms with Gasteiger partial charge in [0.2, 0.25) is 0 Å². The number of nitrogens with two attached hydrogens (primary N) is 1. The minimum atomic E-state index is -0.0350. The molecule has 1 aromatic heterocycles. The Labute approximate surface area is 114 Å². The standard InChI is InChI=1S/C15H23N3O/c1-3-4-5-6-11(2)18-14-8-7-12(16)9-13(14)17-15(18)10-19/h7-9,11,19H,3-6,10,16H2,1-2H3. The number of rotatable bonds is 6. The molecule has 0 aliphatic rings. The Balaban J connectivity index is 2.34. The molecule has 2 aromatic rings. The van der Waals surface area contributed by atoms with E-state index in [-0.39, 0.29) is 6.61 Å². The molecule has 1 aromatic carbocycles. The van der Waals surface area contributed by atoms with Gasteiger partial charge in [0, 0.05) is 11.7 Å². The number of nitrogens with zero attached hydrogens (tertiary/aromatic N) is 2. The molecule has 0 saturated heterocycles. The maximum Gasteiger partial charge on any atom is 0.135 e. The van der Waals surface area contributed by atoms with Gasteiger partial charge in [0.15, 0.2) is 0 Å². The van der Waals surface area contributed by atoms with Crippen LogP contribution < -0.4 is 5.73 Å². The first-order valence-corrected chi connectivity index (χ1v) is 7.04. The molecule has 2 rings (SSSR count). The summed E-state index contributed by atoms with van der Waals surface area (Å²) in [5.74, 6) is 0.726. The van der Waals surface area contributed by atoms with Gasteiger partial charge in [-0.15, -0.1) is 0 Å². The number of anilines is 1. The predicted octanol–water partition coefficient (Wildman–Crippen LogP) is 3.25. The highest BCUT2D eigenvalue weighted by Gasteiger charge is 2.15. The summed E-state index contributed by atoms with van der Waals surface area (Å²) in [5.41, 5.74) is 8.42. The molecule has 0 bridgehead atoms. The first-order valence-electron chi connectivity index (χ1n) is 7.04. The van der Waals surface area contributed by atoms with Gasteiger partial charge in [0.1, 0.15) is 12.4 Å². The Morgan fingerprint density at radius 1 is 1.37 bits per heavy atom. The Bertz CT molecular complexity index is 548. The van der Waals surface area contributed by atoms with E-state index >= 15 is 0 Å². The van der Waals surface area contributed by atoms with Crippen molar-refractivity contribution < 1.29 is 5.11 Å². The lowest BCUT2D eigenvalue weighted by Gasteiger charge is -2.17. The number of aliphatic hydroxyl groups excluding tert-OH is 1. The lowest BCUT2D eigenvalue weighted by atomic mass is 10.1. The van der Waals surface area contributed by atoms with Gasteiger partial charge >= 0.3 is 0 Å². The van der Waals surface area contributed by atoms with E-state index < -0.39 is 0 Å². The average Bonchev–Trinajstić information content (AvgIpc) is 2.76. The van der Waals surface area contributed by atoms with Crippen molar-refractivity contribution in [3.8, 4) is 0 Å². The highest BCUT2D eigenvalue weighted by atomic mass is 16.3. The van der Waals surface area contributed by atoms with Crippen LogP contribution >= 0.6 is 0 Å². The molecule has 4 heteroatoms. The summed E-state index contributed by atoms with van der Waals surface area (Å²) in [5, 5.41) is 9.49. The molecule has 0 spiro atoms. The summed E-state index contributed by atoms with van der Waals surface area (Å²) >= 11 is 0. The van der Waals surface area contributed by atoms with Crippen LogP contribution in [0.15, 0.2) is 18.2 Å². The lowest BCUT2D eigenvalue weighted by molar-refractivity contribution is 0.261. The summed E-state index contributed by atoms with van der Waals surface area (Å²) in [6, 6.07) is 6.10. The molecule has 1 unspecified atom stereocenters. The molecule has 0 amide bonds. The molecule has 0 aliphatic carbocycles. The number of imidazole rings is 1. The number of fused-ring (bicyclic) bond motifs is 1. The van der Waals surface area contributed by atoms with Crippen molar-refractivity contribution in [2.45, 2.75) is 52.2 Å². The number of aromatic nitrogens is 2. The van der Waals surface area contributed by atoms with E-state index in [1.54, 1.807) is 0 Å². The molecule has 4 nitrogen and oxygen atoms in total. The molecule has 0 fully saturated rings. The van der Waals surface area contributed by atoms with E-state index in [0.29, 0.717) is 11.7 Å². The van der Waals surface area contributed by atoms with Crippen LogP contribution in [0.25, 0.3) is 11.0 Å². The first kappa shape index (κ1) is 13.9. The monoisotopic (exact) mass is 261 g/mol. The number of benzene rings is 1. The number of aliphatic hydroxyl groups is 1. The molecule has 0 saturated carbocycles. The second-order valence-corrected chi connectivity index (χ2v) is 5.15. The summed E-state index contributed by atoms with van der Waals surface area (Å²) in [6.45, 7) is 4.36. The van der Waals surface area contributed by atoms with Crippen molar-refractivity contribution in [3.63, 3.8) is 0 Å². The fourth-order valence-corrected chi connectivity index (χ4v) is 2.59. The second-order valence-electron chi connectivity index (χ2n) is 5.15. The number of hydrogen-bond acceptors (Lipinski definition) is 3. The number of hydrogen-bond donors (Lipinski definition) is 2. The Hall–Kier alpha value is -1.55. The Kier molecular flexibility index (Phi) is 4.43. The van der Waals surface area contributed by atoms with E-state index in [0.717, 1.165) is 23.3 Å². The SMILES string of the molecule is CCCCCC(C)n1c(CO)nc2cc(N)ccc21. The van der Waals surface area contributed by atoms with Crippen molar-refractivity contribution in [1.29, 1.82) is 0 Å². The third kappa shape index (κ3) is 2.89. The van der Waals surface area contributed by atoms with Crippen molar-refractivity contribution in [1.82, 2.24) is 9.55 Å². The fourth-order valence-electron chi connectivity index (χ4n) is 2.59. The van der Waals surface area contributed by atoms with Crippen molar-refractivity contribution in [2.24, 2.45) is 0 Å². The zero-order valence-electron chi connectivity index (χ0n) is 11.8. The number of unbranched alkanes of at least 4 members (excludes halogenated alkanes) is 2. The minimum Gasteiger partial charge on any atom is -0.399 e. The van der Waals surface area contributed by atoms with Crippen LogP contribution in [-0.4, -0.2) is 14.7 Å². The van der Waals surface area contributed by atoms with Gasteiger partial charge in [-0.2, -0.15) is 0 Å². The van der Waals surface area contributed by atoms with Gasteiger partial charge < -0.3 is 15.4 Å². The fraction of sp³-hybridized carbons (Fsp3) is 0.533. The summed E-state index contributed by atoms with van der Waals surface area (Å²) in [4.78, 5) is 4.47. The molecule has 104 valence electrons. The zero-order chi connectivity index (χ0) is 13.8. The van der Waals surface area contributed by atoms with Crippen LogP contribution in [0.4, 0.5) is 5.69 Å². The van der Waals surface area contributed by atoms with E-state index in [9.17, 15) is 5.11 Å². The highest BCUT2D eigenvalue weighted by Crippen LogP contribution is 2.26. The Morgan fingerprint density at radius 2 is 2.16 bits per heavy atom. The van der Waals surface area contributed by atoms with Crippen molar-refractivity contribution in [3.05, 3.63) is 24.0 Å². The van der Waals surface area contributed by atoms with E-state index in [1.165, 1.54) is 19.3 Å². The third-order valence-corrected chi connectivity index (χ3v) is 3.59. The van der Waals surface area contributed by atoms with Crippen molar-refractivity contribution in [2.75, 3.05) is 5.73 Å².